The minimum atomic E-state index is 0.170. The Kier molecular flexibility index (Phi) is 8.28. The number of hydrogen-bond donors (Lipinski definition) is 4. The summed E-state index contributed by atoms with van der Waals surface area (Å²) in [7, 11) is 1.69. The Morgan fingerprint density at radius 3 is 2.94 bits per heavy atom. The topological polar surface area (TPSA) is 127 Å². The Labute approximate surface area is 184 Å². The van der Waals surface area contributed by atoms with Crippen LogP contribution in [-0.2, 0) is 6.54 Å². The Morgan fingerprint density at radius 2 is 2.13 bits per heavy atom. The average molecular weight is 427 g/mol. The van der Waals surface area contributed by atoms with E-state index in [1.165, 1.54) is 5.69 Å². The zero-order chi connectivity index (χ0) is 22.1. The third-order valence-corrected chi connectivity index (χ3v) is 5.27. The van der Waals surface area contributed by atoms with Gasteiger partial charge in [0.1, 0.15) is 17.1 Å². The Morgan fingerprint density at radius 1 is 1.26 bits per heavy atom. The minimum absolute atomic E-state index is 0.170. The molecule has 1 saturated heterocycles. The summed E-state index contributed by atoms with van der Waals surface area (Å²) >= 11 is 0. The molecule has 1 aliphatic rings. The van der Waals surface area contributed by atoms with Gasteiger partial charge in [-0.3, -0.25) is 4.99 Å². The van der Waals surface area contributed by atoms with Gasteiger partial charge in [0.25, 0.3) is 0 Å². The van der Waals surface area contributed by atoms with Crippen molar-refractivity contribution in [2.75, 3.05) is 61.5 Å². The third kappa shape index (κ3) is 6.21. The van der Waals surface area contributed by atoms with Crippen molar-refractivity contribution in [1.29, 1.82) is 0 Å². The van der Waals surface area contributed by atoms with E-state index in [1.54, 1.807) is 13.3 Å². The van der Waals surface area contributed by atoms with Crippen molar-refractivity contribution in [1.82, 2.24) is 15.3 Å². The van der Waals surface area contributed by atoms with E-state index >= 15 is 0 Å². The first-order valence-corrected chi connectivity index (χ1v) is 10.9. The predicted molar refractivity (Wildman–Crippen MR) is 128 cm³/mol. The van der Waals surface area contributed by atoms with Gasteiger partial charge in [0.15, 0.2) is 5.82 Å². The van der Waals surface area contributed by atoms with Crippen molar-refractivity contribution < 1.29 is 4.74 Å². The summed E-state index contributed by atoms with van der Waals surface area (Å²) in [6.45, 7) is 7.45. The van der Waals surface area contributed by atoms with Crippen molar-refractivity contribution in [2.45, 2.75) is 32.7 Å². The first kappa shape index (κ1) is 22.6. The molecule has 1 aromatic carbocycles. The van der Waals surface area contributed by atoms with Crippen LogP contribution in [0.15, 0.2) is 23.2 Å². The summed E-state index contributed by atoms with van der Waals surface area (Å²) in [5.41, 5.74) is 15.2. The molecule has 0 saturated carbocycles. The summed E-state index contributed by atoms with van der Waals surface area (Å²) in [5, 5.41) is 6.65. The first-order valence-electron chi connectivity index (χ1n) is 10.9. The van der Waals surface area contributed by atoms with E-state index in [0.717, 1.165) is 63.3 Å². The quantitative estimate of drug-likeness (QED) is 0.355. The number of anilines is 4. The molecule has 168 valence electrons. The fourth-order valence-electron chi connectivity index (χ4n) is 3.52. The van der Waals surface area contributed by atoms with Crippen molar-refractivity contribution in [3.63, 3.8) is 0 Å². The monoisotopic (exact) mass is 426 g/mol. The fourth-order valence-corrected chi connectivity index (χ4v) is 3.52. The van der Waals surface area contributed by atoms with Crippen LogP contribution in [0.2, 0.25) is 0 Å². The number of methoxy groups -OCH3 is 1. The Bertz CT molecular complexity index is 878. The van der Waals surface area contributed by atoms with E-state index < -0.39 is 0 Å². The van der Waals surface area contributed by atoms with Gasteiger partial charge in [0.05, 0.1) is 13.7 Å². The molecule has 0 amide bonds. The summed E-state index contributed by atoms with van der Waals surface area (Å²) in [5.74, 6) is 1.55. The van der Waals surface area contributed by atoms with E-state index in [-0.39, 0.29) is 5.95 Å². The normalized spacial score (nSPS) is 14.6. The molecule has 0 bridgehead atoms. The molecule has 1 aromatic heterocycles. The van der Waals surface area contributed by atoms with E-state index in [0.29, 0.717) is 23.7 Å². The average Bonchev–Trinajstić information content (AvgIpc) is 3.06. The summed E-state index contributed by atoms with van der Waals surface area (Å²) < 4.78 is 5.63. The van der Waals surface area contributed by atoms with E-state index in [1.807, 2.05) is 0 Å². The third-order valence-electron chi connectivity index (χ3n) is 5.27. The molecule has 0 atom stereocenters. The summed E-state index contributed by atoms with van der Waals surface area (Å²) in [6.07, 6.45) is 4.88. The molecular weight excluding hydrogens is 392 g/mol. The molecule has 31 heavy (non-hydrogen) atoms. The van der Waals surface area contributed by atoms with Gasteiger partial charge in [-0.1, -0.05) is 19.4 Å². The maximum absolute atomic E-state index is 6.22. The van der Waals surface area contributed by atoms with Gasteiger partial charge in [0, 0.05) is 49.7 Å². The van der Waals surface area contributed by atoms with Gasteiger partial charge in [-0.05, 0) is 25.5 Å². The Hall–Kier alpha value is -3.07. The molecule has 0 aliphatic carbocycles. The number of aliphatic imine (C=N–C) groups is 1. The molecule has 0 spiro atoms. The van der Waals surface area contributed by atoms with Crippen molar-refractivity contribution >= 4 is 29.4 Å². The number of benzene rings is 1. The maximum atomic E-state index is 6.22. The lowest BCUT2D eigenvalue weighted by molar-refractivity contribution is 0.410. The highest BCUT2D eigenvalue weighted by Gasteiger charge is 2.13. The zero-order valence-electron chi connectivity index (χ0n) is 18.5. The number of unbranched alkanes of at least 4 members (excludes halogenated alkanes) is 1. The van der Waals surface area contributed by atoms with Crippen LogP contribution in [0, 0.1) is 0 Å². The highest BCUT2D eigenvalue weighted by Crippen LogP contribution is 2.27. The standard InChI is InChI=1S/C22H34N8O/c1-3-4-9-27-21-20(23)18(28-22(24)29-21)15-26-14-16-6-7-17(13-19(16)31-2)30-11-5-8-25-10-12-30/h6-7,13,15,25H,3-5,8-12,14,23H2,1-2H3,(H3,24,27,28,29). The molecule has 9 heteroatoms. The molecule has 0 unspecified atom stereocenters. The molecular formula is C22H34N8O. The van der Waals surface area contributed by atoms with Gasteiger partial charge in [-0.15, -0.1) is 0 Å². The van der Waals surface area contributed by atoms with Crippen LogP contribution in [0.4, 0.5) is 23.1 Å². The fraction of sp³-hybridized carbons (Fsp3) is 0.500. The molecule has 3 rings (SSSR count). The van der Waals surface area contributed by atoms with Crippen LogP contribution in [0.25, 0.3) is 0 Å². The highest BCUT2D eigenvalue weighted by atomic mass is 16.5. The summed E-state index contributed by atoms with van der Waals surface area (Å²) in [6, 6.07) is 6.29. The number of nitrogens with zero attached hydrogens (tertiary/aromatic N) is 4. The van der Waals surface area contributed by atoms with E-state index in [4.69, 9.17) is 16.2 Å². The number of nitrogen functional groups attached to an aromatic ring is 2. The van der Waals surface area contributed by atoms with Gasteiger partial charge in [-0.2, -0.15) is 4.98 Å². The van der Waals surface area contributed by atoms with Gasteiger partial charge < -0.3 is 31.7 Å². The number of hydrogen-bond acceptors (Lipinski definition) is 9. The van der Waals surface area contributed by atoms with Crippen LogP contribution < -0.4 is 31.7 Å². The SMILES string of the molecule is CCCCNc1nc(N)nc(C=NCc2ccc(N3CCCNCC3)cc2OC)c1N. The van der Waals surface area contributed by atoms with E-state index in [9.17, 15) is 0 Å². The number of nitrogens with two attached hydrogens (primary N) is 2. The minimum Gasteiger partial charge on any atom is -0.496 e. The molecule has 1 fully saturated rings. The first-order chi connectivity index (χ1) is 15.1. The van der Waals surface area contributed by atoms with Crippen molar-refractivity contribution in [3.8, 4) is 5.75 Å². The molecule has 0 radical (unpaired) electrons. The molecule has 2 heterocycles. The van der Waals surface area contributed by atoms with Crippen LogP contribution >= 0.6 is 0 Å². The van der Waals surface area contributed by atoms with Crippen molar-refractivity contribution in [3.05, 3.63) is 29.5 Å². The predicted octanol–water partition coefficient (Wildman–Crippen LogP) is 2.28. The van der Waals surface area contributed by atoms with Crippen LogP contribution in [0.3, 0.4) is 0 Å². The maximum Gasteiger partial charge on any atom is 0.222 e. The highest BCUT2D eigenvalue weighted by molar-refractivity contribution is 5.88. The number of aromatic nitrogens is 2. The zero-order valence-corrected chi connectivity index (χ0v) is 18.5. The number of ether oxygens (including phenoxy) is 1. The van der Waals surface area contributed by atoms with Crippen molar-refractivity contribution in [2.24, 2.45) is 4.99 Å². The smallest absolute Gasteiger partial charge is 0.222 e. The van der Waals surface area contributed by atoms with Gasteiger partial charge in [-0.25, -0.2) is 4.98 Å². The molecule has 2 aromatic rings. The van der Waals surface area contributed by atoms with Gasteiger partial charge in [0.2, 0.25) is 5.95 Å². The van der Waals surface area contributed by atoms with Gasteiger partial charge >= 0.3 is 0 Å². The second-order valence-corrected chi connectivity index (χ2v) is 7.57. The number of nitrogens with one attached hydrogen (secondary N) is 2. The van der Waals surface area contributed by atoms with Crippen LogP contribution in [0.1, 0.15) is 37.4 Å². The Balaban J connectivity index is 1.71. The summed E-state index contributed by atoms with van der Waals surface area (Å²) in [4.78, 5) is 15.3. The second-order valence-electron chi connectivity index (χ2n) is 7.57. The second kappa shape index (κ2) is 11.4. The van der Waals surface area contributed by atoms with Crippen LogP contribution in [0.5, 0.6) is 5.75 Å². The van der Waals surface area contributed by atoms with Crippen LogP contribution in [-0.4, -0.2) is 56.0 Å². The number of rotatable bonds is 9. The largest absolute Gasteiger partial charge is 0.496 e. The molecule has 6 N–H and O–H groups in total. The molecule has 9 nitrogen and oxygen atoms in total. The molecule has 1 aliphatic heterocycles. The lowest BCUT2D eigenvalue weighted by Gasteiger charge is -2.23. The lowest BCUT2D eigenvalue weighted by Crippen LogP contribution is -2.27. The van der Waals surface area contributed by atoms with E-state index in [2.05, 4.69) is 55.6 Å². The lowest BCUT2D eigenvalue weighted by atomic mass is 10.1.